The number of benzene rings is 1. The first-order valence-electron chi connectivity index (χ1n) is 7.01. The van der Waals surface area contributed by atoms with Gasteiger partial charge in [0.15, 0.2) is 0 Å². The number of hydrogen-bond donors (Lipinski definition) is 2. The molecule has 5 heteroatoms. The topological polar surface area (TPSA) is 41.5 Å². The minimum atomic E-state index is -0.505. The highest BCUT2D eigenvalue weighted by Gasteiger charge is 2.21. The quantitative estimate of drug-likeness (QED) is 0.771. The SMILES string of the molecule is CC(NCC(O)COCC1CC1)c1cccc(Cl)c1Cl. The van der Waals surface area contributed by atoms with Gasteiger partial charge in [0.05, 0.1) is 22.8 Å². The second-order valence-corrected chi connectivity index (χ2v) is 6.19. The second-order valence-electron chi connectivity index (χ2n) is 5.41. The highest BCUT2D eigenvalue weighted by molar-refractivity contribution is 6.42. The Labute approximate surface area is 130 Å². The van der Waals surface area contributed by atoms with Crippen LogP contribution in [0.5, 0.6) is 0 Å². The molecule has 0 aromatic heterocycles. The summed E-state index contributed by atoms with van der Waals surface area (Å²) in [5.74, 6) is 0.722. The van der Waals surface area contributed by atoms with Crippen LogP contribution in [0, 0.1) is 5.92 Å². The molecule has 1 aromatic carbocycles. The lowest BCUT2D eigenvalue weighted by Gasteiger charge is -2.19. The lowest BCUT2D eigenvalue weighted by Crippen LogP contribution is -2.32. The Morgan fingerprint density at radius 2 is 2.15 bits per heavy atom. The third-order valence-corrected chi connectivity index (χ3v) is 4.30. The van der Waals surface area contributed by atoms with Gasteiger partial charge in [-0.05, 0) is 37.3 Å². The van der Waals surface area contributed by atoms with E-state index in [2.05, 4.69) is 5.32 Å². The van der Waals surface area contributed by atoms with Crippen molar-refractivity contribution in [2.24, 2.45) is 5.92 Å². The van der Waals surface area contributed by atoms with E-state index < -0.39 is 6.10 Å². The monoisotopic (exact) mass is 317 g/mol. The lowest BCUT2D eigenvalue weighted by molar-refractivity contribution is 0.0315. The first kappa shape index (κ1) is 16.1. The molecular weight excluding hydrogens is 297 g/mol. The molecule has 0 saturated heterocycles. The molecule has 2 atom stereocenters. The molecule has 1 aromatic rings. The zero-order valence-corrected chi connectivity index (χ0v) is 13.1. The van der Waals surface area contributed by atoms with Gasteiger partial charge in [0.1, 0.15) is 0 Å². The highest BCUT2D eigenvalue weighted by Crippen LogP contribution is 2.30. The maximum atomic E-state index is 9.86. The summed E-state index contributed by atoms with van der Waals surface area (Å²) in [5, 5.41) is 14.2. The Morgan fingerprint density at radius 1 is 1.40 bits per heavy atom. The molecule has 2 unspecified atom stereocenters. The smallest absolute Gasteiger partial charge is 0.0897 e. The van der Waals surface area contributed by atoms with Gasteiger partial charge in [0, 0.05) is 19.2 Å². The molecule has 0 bridgehead atoms. The van der Waals surface area contributed by atoms with Gasteiger partial charge in [-0.15, -0.1) is 0 Å². The van der Waals surface area contributed by atoms with E-state index in [1.807, 2.05) is 19.1 Å². The molecule has 3 nitrogen and oxygen atoms in total. The van der Waals surface area contributed by atoms with E-state index >= 15 is 0 Å². The van der Waals surface area contributed by atoms with E-state index in [0.29, 0.717) is 23.2 Å². The number of halogens is 2. The van der Waals surface area contributed by atoms with Crippen molar-refractivity contribution in [3.63, 3.8) is 0 Å². The van der Waals surface area contributed by atoms with E-state index in [1.165, 1.54) is 12.8 Å². The maximum absolute atomic E-state index is 9.86. The fourth-order valence-corrected chi connectivity index (χ4v) is 2.46. The molecule has 1 fully saturated rings. The van der Waals surface area contributed by atoms with Crippen LogP contribution in [0.3, 0.4) is 0 Å². The largest absolute Gasteiger partial charge is 0.389 e. The third-order valence-electron chi connectivity index (χ3n) is 3.47. The summed E-state index contributed by atoms with van der Waals surface area (Å²) in [4.78, 5) is 0. The van der Waals surface area contributed by atoms with Crippen LogP contribution in [-0.4, -0.2) is 31.0 Å². The Balaban J connectivity index is 1.72. The van der Waals surface area contributed by atoms with Crippen molar-refractivity contribution in [2.45, 2.75) is 31.9 Å². The van der Waals surface area contributed by atoms with Gasteiger partial charge < -0.3 is 15.2 Å². The van der Waals surface area contributed by atoms with Gasteiger partial charge in [0.2, 0.25) is 0 Å². The molecule has 2 rings (SSSR count). The number of aliphatic hydroxyl groups is 1. The number of hydrogen-bond acceptors (Lipinski definition) is 3. The number of nitrogens with one attached hydrogen (secondary N) is 1. The molecule has 1 aliphatic carbocycles. The summed E-state index contributed by atoms with van der Waals surface area (Å²) in [6.45, 7) is 3.61. The van der Waals surface area contributed by atoms with Gasteiger partial charge in [-0.3, -0.25) is 0 Å². The summed E-state index contributed by atoms with van der Waals surface area (Å²) < 4.78 is 5.46. The van der Waals surface area contributed by atoms with E-state index in [4.69, 9.17) is 27.9 Å². The number of aliphatic hydroxyl groups excluding tert-OH is 1. The highest BCUT2D eigenvalue weighted by atomic mass is 35.5. The molecule has 20 heavy (non-hydrogen) atoms. The minimum absolute atomic E-state index is 0.0271. The molecule has 1 saturated carbocycles. The first-order chi connectivity index (χ1) is 9.58. The predicted octanol–water partition coefficient (Wildman–Crippen LogP) is 3.43. The van der Waals surface area contributed by atoms with Crippen LogP contribution in [0.1, 0.15) is 31.4 Å². The first-order valence-corrected chi connectivity index (χ1v) is 7.76. The number of rotatable bonds is 8. The molecule has 2 N–H and O–H groups in total. The van der Waals surface area contributed by atoms with Crippen molar-refractivity contribution in [2.75, 3.05) is 19.8 Å². The zero-order chi connectivity index (χ0) is 14.5. The zero-order valence-electron chi connectivity index (χ0n) is 11.6. The summed E-state index contributed by atoms with van der Waals surface area (Å²) in [6, 6.07) is 5.60. The van der Waals surface area contributed by atoms with Gasteiger partial charge in [-0.1, -0.05) is 35.3 Å². The van der Waals surface area contributed by atoms with Crippen molar-refractivity contribution in [1.29, 1.82) is 0 Å². The van der Waals surface area contributed by atoms with Crippen LogP contribution in [-0.2, 0) is 4.74 Å². The van der Waals surface area contributed by atoms with E-state index in [1.54, 1.807) is 6.07 Å². The van der Waals surface area contributed by atoms with Crippen LogP contribution in [0.25, 0.3) is 0 Å². The third kappa shape index (κ3) is 4.90. The van der Waals surface area contributed by atoms with Crippen LogP contribution in [0.2, 0.25) is 10.0 Å². The molecule has 0 amide bonds. The fourth-order valence-electron chi connectivity index (χ4n) is 1.99. The van der Waals surface area contributed by atoms with Crippen LogP contribution >= 0.6 is 23.2 Å². The minimum Gasteiger partial charge on any atom is -0.389 e. The van der Waals surface area contributed by atoms with Gasteiger partial charge in [-0.2, -0.15) is 0 Å². The average molecular weight is 318 g/mol. The molecule has 112 valence electrons. The molecule has 0 spiro atoms. The Bertz CT molecular complexity index is 438. The molecule has 0 aliphatic heterocycles. The van der Waals surface area contributed by atoms with Crippen LogP contribution in [0.15, 0.2) is 18.2 Å². The van der Waals surface area contributed by atoms with E-state index in [0.717, 1.165) is 18.1 Å². The number of ether oxygens (including phenoxy) is 1. The standard InChI is InChI=1S/C15H21Cl2NO2/c1-10(13-3-2-4-14(16)15(13)17)18-7-12(19)9-20-8-11-5-6-11/h2-4,10-12,18-19H,5-9H2,1H3. The predicted molar refractivity (Wildman–Crippen MR) is 82.4 cm³/mol. The molecular formula is C15H21Cl2NO2. The van der Waals surface area contributed by atoms with Crippen molar-refractivity contribution in [3.8, 4) is 0 Å². The Kier molecular flexibility index (Phi) is 6.12. The molecule has 0 radical (unpaired) electrons. The summed E-state index contributed by atoms with van der Waals surface area (Å²) >= 11 is 12.2. The Hall–Kier alpha value is -0.320. The molecule has 0 heterocycles. The van der Waals surface area contributed by atoms with Crippen molar-refractivity contribution < 1.29 is 9.84 Å². The van der Waals surface area contributed by atoms with Gasteiger partial charge >= 0.3 is 0 Å². The van der Waals surface area contributed by atoms with Crippen molar-refractivity contribution in [3.05, 3.63) is 33.8 Å². The average Bonchev–Trinajstić information content (AvgIpc) is 3.23. The summed E-state index contributed by atoms with van der Waals surface area (Å²) in [7, 11) is 0. The summed E-state index contributed by atoms with van der Waals surface area (Å²) in [6.07, 6.45) is 2.02. The van der Waals surface area contributed by atoms with Crippen LogP contribution in [0.4, 0.5) is 0 Å². The van der Waals surface area contributed by atoms with Crippen molar-refractivity contribution in [1.82, 2.24) is 5.32 Å². The Morgan fingerprint density at radius 3 is 2.85 bits per heavy atom. The van der Waals surface area contributed by atoms with Crippen molar-refractivity contribution >= 4 is 23.2 Å². The second kappa shape index (κ2) is 7.62. The molecule has 1 aliphatic rings. The van der Waals surface area contributed by atoms with Gasteiger partial charge in [-0.25, -0.2) is 0 Å². The fraction of sp³-hybridized carbons (Fsp3) is 0.600. The maximum Gasteiger partial charge on any atom is 0.0897 e. The summed E-state index contributed by atoms with van der Waals surface area (Å²) in [5.41, 5.74) is 0.935. The van der Waals surface area contributed by atoms with Crippen LogP contribution < -0.4 is 5.32 Å². The van der Waals surface area contributed by atoms with E-state index in [-0.39, 0.29) is 6.04 Å². The van der Waals surface area contributed by atoms with E-state index in [9.17, 15) is 5.11 Å². The van der Waals surface area contributed by atoms with Gasteiger partial charge in [0.25, 0.3) is 0 Å². The normalized spacial score (nSPS) is 18.0. The lowest BCUT2D eigenvalue weighted by atomic mass is 10.1.